The summed E-state index contributed by atoms with van der Waals surface area (Å²) in [5.74, 6) is 1.61. The van der Waals surface area contributed by atoms with Crippen LogP contribution in [-0.2, 0) is 0 Å². The van der Waals surface area contributed by atoms with Crippen LogP contribution in [0.4, 0.5) is 0 Å². The normalized spacial score (nSPS) is 12.1. The molecule has 0 amide bonds. The van der Waals surface area contributed by atoms with E-state index in [4.69, 9.17) is 0 Å². The summed E-state index contributed by atoms with van der Waals surface area (Å²) >= 11 is 0. The molecule has 0 fully saturated rings. The number of unbranched alkanes of at least 4 members (excludes halogenated alkanes) is 16. The zero-order valence-electron chi connectivity index (χ0n) is 19.0. The Morgan fingerprint density at radius 3 is 1.15 bits per heavy atom. The van der Waals surface area contributed by atoms with Crippen LogP contribution in [0.25, 0.3) is 0 Å². The number of allylic oxidation sites excluding steroid dienone is 2. The Morgan fingerprint density at radius 1 is 0.462 bits per heavy atom. The van der Waals surface area contributed by atoms with E-state index in [1.54, 1.807) is 0 Å². The van der Waals surface area contributed by atoms with Gasteiger partial charge in [0, 0.05) is 0 Å². The third-order valence-corrected chi connectivity index (χ3v) is 5.42. The highest BCUT2D eigenvalue weighted by Crippen LogP contribution is 2.15. The molecule has 0 heterocycles. The van der Waals surface area contributed by atoms with Gasteiger partial charge in [0.25, 0.3) is 0 Å². The van der Waals surface area contributed by atoms with E-state index < -0.39 is 0 Å². The minimum atomic E-state index is 0.717. The Bertz CT molecular complexity index is 274. The average molecular weight is 365 g/mol. The minimum absolute atomic E-state index is 0.717. The lowest BCUT2D eigenvalue weighted by Crippen LogP contribution is -1.87. The van der Waals surface area contributed by atoms with Crippen molar-refractivity contribution in [1.82, 2.24) is 0 Å². The van der Waals surface area contributed by atoms with Gasteiger partial charge in [-0.25, -0.2) is 0 Å². The van der Waals surface area contributed by atoms with Crippen molar-refractivity contribution in [3.8, 4) is 0 Å². The van der Waals surface area contributed by atoms with Gasteiger partial charge in [-0.1, -0.05) is 143 Å². The van der Waals surface area contributed by atoms with E-state index >= 15 is 0 Å². The second-order valence-corrected chi connectivity index (χ2v) is 9.30. The van der Waals surface area contributed by atoms with E-state index in [0.29, 0.717) is 0 Å². The van der Waals surface area contributed by atoms with Crippen molar-refractivity contribution in [2.75, 3.05) is 0 Å². The van der Waals surface area contributed by atoms with Crippen molar-refractivity contribution in [2.45, 2.75) is 143 Å². The average Bonchev–Trinajstić information content (AvgIpc) is 2.59. The monoisotopic (exact) mass is 364 g/mol. The first-order valence-corrected chi connectivity index (χ1v) is 12.3. The van der Waals surface area contributed by atoms with Gasteiger partial charge in [0.2, 0.25) is 0 Å². The fourth-order valence-electron chi connectivity index (χ4n) is 3.66. The molecule has 0 atom stereocenters. The molecular formula is C26H52. The third kappa shape index (κ3) is 23.7. The molecule has 0 aromatic rings. The molecule has 0 saturated carbocycles. The van der Waals surface area contributed by atoms with Gasteiger partial charge in [-0.3, -0.25) is 0 Å². The van der Waals surface area contributed by atoms with Crippen LogP contribution in [0, 0.1) is 11.8 Å². The van der Waals surface area contributed by atoms with E-state index in [1.807, 2.05) is 0 Å². The Hall–Kier alpha value is -0.260. The zero-order chi connectivity index (χ0) is 19.3. The van der Waals surface area contributed by atoms with Crippen LogP contribution in [0.3, 0.4) is 0 Å². The van der Waals surface area contributed by atoms with Crippen molar-refractivity contribution in [3.05, 3.63) is 12.2 Å². The molecule has 0 radical (unpaired) electrons. The van der Waals surface area contributed by atoms with Gasteiger partial charge in [0.15, 0.2) is 0 Å². The molecule has 0 aliphatic carbocycles. The van der Waals surface area contributed by atoms with Crippen molar-refractivity contribution in [3.63, 3.8) is 0 Å². The molecule has 0 aromatic carbocycles. The Labute approximate surface area is 167 Å². The first-order chi connectivity index (χ1) is 12.6. The fourth-order valence-corrected chi connectivity index (χ4v) is 3.66. The van der Waals surface area contributed by atoms with Crippen LogP contribution < -0.4 is 0 Å². The molecule has 26 heavy (non-hydrogen) atoms. The molecule has 0 heteroatoms. The predicted molar refractivity (Wildman–Crippen MR) is 122 cm³/mol. The maximum absolute atomic E-state index is 2.37. The van der Waals surface area contributed by atoms with Gasteiger partial charge in [-0.05, 0) is 24.7 Å². The summed E-state index contributed by atoms with van der Waals surface area (Å²) in [5, 5.41) is 0. The lowest BCUT2D eigenvalue weighted by molar-refractivity contribution is 0.501. The topological polar surface area (TPSA) is 0 Å². The second-order valence-electron chi connectivity index (χ2n) is 9.30. The summed E-state index contributed by atoms with van der Waals surface area (Å²) in [6.07, 6.45) is 30.9. The molecule has 0 bridgehead atoms. The zero-order valence-corrected chi connectivity index (χ0v) is 19.0. The SMILES string of the molecule is CC(C)/C=C/CCCCCCCCCCCCCCCCCCC(C)C. The molecule has 0 spiro atoms. The Morgan fingerprint density at radius 2 is 0.808 bits per heavy atom. The molecular weight excluding hydrogens is 312 g/mol. The molecule has 0 aliphatic heterocycles. The Balaban J connectivity index is 3.03. The number of hydrogen-bond donors (Lipinski definition) is 0. The Kier molecular flexibility index (Phi) is 20.8. The maximum Gasteiger partial charge on any atom is -0.0290 e. The highest BCUT2D eigenvalue weighted by Gasteiger charge is 1.96. The van der Waals surface area contributed by atoms with Crippen molar-refractivity contribution in [2.24, 2.45) is 11.8 Å². The first-order valence-electron chi connectivity index (χ1n) is 12.3. The van der Waals surface area contributed by atoms with Crippen LogP contribution in [0.1, 0.15) is 143 Å². The maximum atomic E-state index is 2.37. The first kappa shape index (κ1) is 25.7. The van der Waals surface area contributed by atoms with Gasteiger partial charge in [0.05, 0.1) is 0 Å². The van der Waals surface area contributed by atoms with E-state index in [2.05, 4.69) is 39.8 Å². The summed E-state index contributed by atoms with van der Waals surface area (Å²) < 4.78 is 0. The summed E-state index contributed by atoms with van der Waals surface area (Å²) in [4.78, 5) is 0. The van der Waals surface area contributed by atoms with E-state index in [1.165, 1.54) is 116 Å². The van der Waals surface area contributed by atoms with Gasteiger partial charge in [-0.15, -0.1) is 0 Å². The summed E-state index contributed by atoms with van der Waals surface area (Å²) in [7, 11) is 0. The molecule has 156 valence electrons. The van der Waals surface area contributed by atoms with E-state index in [9.17, 15) is 0 Å². The molecule has 0 aliphatic rings. The number of hydrogen-bond acceptors (Lipinski definition) is 0. The third-order valence-electron chi connectivity index (χ3n) is 5.42. The predicted octanol–water partition coefficient (Wildman–Crippen LogP) is 9.88. The van der Waals surface area contributed by atoms with Gasteiger partial charge in [0.1, 0.15) is 0 Å². The van der Waals surface area contributed by atoms with E-state index in [-0.39, 0.29) is 0 Å². The quantitative estimate of drug-likeness (QED) is 0.149. The van der Waals surface area contributed by atoms with Gasteiger partial charge >= 0.3 is 0 Å². The van der Waals surface area contributed by atoms with Crippen LogP contribution >= 0.6 is 0 Å². The van der Waals surface area contributed by atoms with Crippen LogP contribution in [0.2, 0.25) is 0 Å². The molecule has 0 rings (SSSR count). The van der Waals surface area contributed by atoms with Gasteiger partial charge in [-0.2, -0.15) is 0 Å². The molecule has 0 aromatic heterocycles. The van der Waals surface area contributed by atoms with Crippen molar-refractivity contribution < 1.29 is 0 Å². The lowest BCUT2D eigenvalue weighted by atomic mass is 10.0. The highest BCUT2D eigenvalue weighted by atomic mass is 14.0. The van der Waals surface area contributed by atoms with Crippen LogP contribution in [0.5, 0.6) is 0 Å². The summed E-state index contributed by atoms with van der Waals surface area (Å²) in [5.41, 5.74) is 0. The standard InChI is InChI=1S/C26H52/c1-25(2)23-21-19-17-15-13-11-9-7-5-6-8-10-12-14-16-18-20-22-24-26(3)4/h21,23,25-26H,5-20,22,24H2,1-4H3/b23-21+. The molecule has 0 N–H and O–H groups in total. The largest absolute Gasteiger partial charge is 0.0883 e. The molecule has 0 unspecified atom stereocenters. The minimum Gasteiger partial charge on any atom is -0.0883 e. The molecule has 0 saturated heterocycles. The fraction of sp³-hybridized carbons (Fsp3) is 0.923. The number of rotatable bonds is 20. The van der Waals surface area contributed by atoms with Crippen LogP contribution in [0.15, 0.2) is 12.2 Å². The molecule has 0 nitrogen and oxygen atoms in total. The smallest absolute Gasteiger partial charge is 0.0290 e. The second kappa shape index (κ2) is 21.0. The summed E-state index contributed by atoms with van der Waals surface area (Å²) in [6, 6.07) is 0. The summed E-state index contributed by atoms with van der Waals surface area (Å²) in [6.45, 7) is 9.19. The van der Waals surface area contributed by atoms with Crippen LogP contribution in [-0.4, -0.2) is 0 Å². The van der Waals surface area contributed by atoms with Crippen molar-refractivity contribution in [1.29, 1.82) is 0 Å². The van der Waals surface area contributed by atoms with Crippen molar-refractivity contribution >= 4 is 0 Å². The van der Waals surface area contributed by atoms with Gasteiger partial charge < -0.3 is 0 Å². The highest BCUT2D eigenvalue weighted by molar-refractivity contribution is 4.83. The van der Waals surface area contributed by atoms with E-state index in [0.717, 1.165) is 11.8 Å². The lowest BCUT2D eigenvalue weighted by Gasteiger charge is -2.05.